The van der Waals surface area contributed by atoms with Crippen LogP contribution in [0, 0.1) is 5.92 Å². The Balaban J connectivity index is 2.70. The molecule has 0 fully saturated rings. The predicted molar refractivity (Wildman–Crippen MR) is 71.8 cm³/mol. The van der Waals surface area contributed by atoms with Crippen LogP contribution in [0.15, 0.2) is 18.2 Å². The number of hydrogen-bond donors (Lipinski definition) is 1. The van der Waals surface area contributed by atoms with E-state index in [1.54, 1.807) is 18.2 Å². The standard InChI is InChI=1S/C14H21NO3/c1-4-6-10(2)9-18-14(16)11-7-5-8-12(15)13(11)17-3/h5,7-8,10H,4,6,9,15H2,1-3H3. The summed E-state index contributed by atoms with van der Waals surface area (Å²) < 4.78 is 10.4. The van der Waals surface area contributed by atoms with Crippen LogP contribution in [0.2, 0.25) is 0 Å². The first-order chi connectivity index (χ1) is 8.60. The Labute approximate surface area is 108 Å². The molecule has 0 radical (unpaired) electrons. The average molecular weight is 251 g/mol. The van der Waals surface area contributed by atoms with Crippen molar-refractivity contribution in [1.29, 1.82) is 0 Å². The number of nitrogen functional groups attached to an aromatic ring is 1. The fraction of sp³-hybridized carbons (Fsp3) is 0.500. The number of esters is 1. The summed E-state index contributed by atoms with van der Waals surface area (Å²) in [7, 11) is 1.49. The van der Waals surface area contributed by atoms with Crippen LogP contribution in [-0.4, -0.2) is 19.7 Å². The molecule has 1 rings (SSSR count). The zero-order valence-electron chi connectivity index (χ0n) is 11.2. The Morgan fingerprint density at radius 2 is 2.17 bits per heavy atom. The smallest absolute Gasteiger partial charge is 0.342 e. The monoisotopic (exact) mass is 251 g/mol. The summed E-state index contributed by atoms with van der Waals surface area (Å²) in [5.74, 6) is 0.360. The number of nitrogens with two attached hydrogens (primary N) is 1. The lowest BCUT2D eigenvalue weighted by molar-refractivity contribution is 0.0440. The van der Waals surface area contributed by atoms with Crippen LogP contribution in [0.4, 0.5) is 5.69 Å². The molecule has 0 bridgehead atoms. The van der Waals surface area contributed by atoms with Gasteiger partial charge in [-0.15, -0.1) is 0 Å². The minimum Gasteiger partial charge on any atom is -0.494 e. The van der Waals surface area contributed by atoms with Crippen LogP contribution >= 0.6 is 0 Å². The molecule has 0 heterocycles. The van der Waals surface area contributed by atoms with Crippen LogP contribution in [0.5, 0.6) is 5.75 Å². The van der Waals surface area contributed by atoms with Gasteiger partial charge in [0.05, 0.1) is 19.4 Å². The van der Waals surface area contributed by atoms with E-state index in [-0.39, 0.29) is 5.97 Å². The molecule has 1 atom stereocenters. The molecule has 0 amide bonds. The first-order valence-electron chi connectivity index (χ1n) is 6.19. The maximum atomic E-state index is 11.9. The van der Waals surface area contributed by atoms with Crippen molar-refractivity contribution in [3.05, 3.63) is 23.8 Å². The lowest BCUT2D eigenvalue weighted by Crippen LogP contribution is -2.13. The van der Waals surface area contributed by atoms with E-state index in [1.807, 2.05) is 0 Å². The summed E-state index contributed by atoms with van der Waals surface area (Å²) in [6, 6.07) is 5.06. The largest absolute Gasteiger partial charge is 0.494 e. The van der Waals surface area contributed by atoms with E-state index >= 15 is 0 Å². The number of ether oxygens (including phenoxy) is 2. The van der Waals surface area contributed by atoms with Gasteiger partial charge in [-0.2, -0.15) is 0 Å². The van der Waals surface area contributed by atoms with E-state index in [9.17, 15) is 4.79 Å². The average Bonchev–Trinajstić information content (AvgIpc) is 2.36. The first-order valence-corrected chi connectivity index (χ1v) is 6.19. The molecular formula is C14H21NO3. The second-order valence-electron chi connectivity index (χ2n) is 4.42. The number of benzene rings is 1. The van der Waals surface area contributed by atoms with Crippen molar-refractivity contribution in [3.63, 3.8) is 0 Å². The minimum atomic E-state index is -0.387. The Kier molecular flexibility index (Phi) is 5.49. The molecule has 0 aromatic heterocycles. The molecule has 0 spiro atoms. The molecule has 0 saturated carbocycles. The summed E-state index contributed by atoms with van der Waals surface area (Å²) in [6.45, 7) is 4.59. The molecule has 2 N–H and O–H groups in total. The molecule has 100 valence electrons. The summed E-state index contributed by atoms with van der Waals surface area (Å²) in [5, 5.41) is 0. The molecule has 4 heteroatoms. The van der Waals surface area contributed by atoms with Gasteiger partial charge in [-0.3, -0.25) is 0 Å². The van der Waals surface area contributed by atoms with E-state index in [0.29, 0.717) is 29.5 Å². The molecule has 18 heavy (non-hydrogen) atoms. The Morgan fingerprint density at radius 3 is 2.78 bits per heavy atom. The van der Waals surface area contributed by atoms with Gasteiger partial charge in [0.1, 0.15) is 5.56 Å². The van der Waals surface area contributed by atoms with E-state index in [4.69, 9.17) is 15.2 Å². The number of carbonyl (C=O) groups is 1. The maximum absolute atomic E-state index is 11.9. The van der Waals surface area contributed by atoms with Gasteiger partial charge in [-0.25, -0.2) is 4.79 Å². The topological polar surface area (TPSA) is 61.5 Å². The maximum Gasteiger partial charge on any atom is 0.342 e. The van der Waals surface area contributed by atoms with Crippen molar-refractivity contribution < 1.29 is 14.3 Å². The molecule has 0 saturated heterocycles. The summed E-state index contributed by atoms with van der Waals surface area (Å²) in [6.07, 6.45) is 2.13. The highest BCUT2D eigenvalue weighted by molar-refractivity contribution is 5.94. The summed E-state index contributed by atoms with van der Waals surface area (Å²) in [4.78, 5) is 11.9. The molecular weight excluding hydrogens is 230 g/mol. The minimum absolute atomic E-state index is 0.367. The summed E-state index contributed by atoms with van der Waals surface area (Å²) in [5.41, 5.74) is 6.56. The highest BCUT2D eigenvalue weighted by Gasteiger charge is 2.16. The number of anilines is 1. The first kappa shape index (κ1) is 14.4. The van der Waals surface area contributed by atoms with E-state index in [0.717, 1.165) is 12.8 Å². The number of carbonyl (C=O) groups excluding carboxylic acids is 1. The van der Waals surface area contributed by atoms with Crippen molar-refractivity contribution in [3.8, 4) is 5.75 Å². The number of methoxy groups -OCH3 is 1. The molecule has 1 unspecified atom stereocenters. The predicted octanol–water partition coefficient (Wildman–Crippen LogP) is 2.87. The van der Waals surface area contributed by atoms with Gasteiger partial charge >= 0.3 is 5.97 Å². The van der Waals surface area contributed by atoms with Crippen LogP contribution in [0.1, 0.15) is 37.0 Å². The molecule has 4 nitrogen and oxygen atoms in total. The third kappa shape index (κ3) is 3.65. The Bertz CT molecular complexity index is 404. The van der Waals surface area contributed by atoms with E-state index in [2.05, 4.69) is 13.8 Å². The zero-order chi connectivity index (χ0) is 13.5. The SMILES string of the molecule is CCCC(C)COC(=O)c1cccc(N)c1OC. The van der Waals surface area contributed by atoms with Gasteiger partial charge < -0.3 is 15.2 Å². The van der Waals surface area contributed by atoms with Gasteiger partial charge in [0.25, 0.3) is 0 Å². The van der Waals surface area contributed by atoms with Crippen molar-refractivity contribution >= 4 is 11.7 Å². The third-order valence-electron chi connectivity index (χ3n) is 2.75. The van der Waals surface area contributed by atoms with Crippen molar-refractivity contribution in [2.75, 3.05) is 19.5 Å². The van der Waals surface area contributed by atoms with Gasteiger partial charge in [-0.1, -0.05) is 26.3 Å². The van der Waals surface area contributed by atoms with Crippen LogP contribution in [-0.2, 0) is 4.74 Å². The van der Waals surface area contributed by atoms with Crippen LogP contribution in [0.25, 0.3) is 0 Å². The second-order valence-corrected chi connectivity index (χ2v) is 4.42. The van der Waals surface area contributed by atoms with Crippen molar-refractivity contribution in [2.45, 2.75) is 26.7 Å². The van der Waals surface area contributed by atoms with E-state index < -0.39 is 0 Å². The Morgan fingerprint density at radius 1 is 1.44 bits per heavy atom. The van der Waals surface area contributed by atoms with Crippen LogP contribution in [0.3, 0.4) is 0 Å². The van der Waals surface area contributed by atoms with Gasteiger partial charge in [0, 0.05) is 0 Å². The van der Waals surface area contributed by atoms with Gasteiger partial charge in [0.2, 0.25) is 0 Å². The molecule has 0 aliphatic carbocycles. The highest BCUT2D eigenvalue weighted by Crippen LogP contribution is 2.26. The number of rotatable bonds is 6. The van der Waals surface area contributed by atoms with Crippen LogP contribution < -0.4 is 10.5 Å². The summed E-state index contributed by atoms with van der Waals surface area (Å²) >= 11 is 0. The van der Waals surface area contributed by atoms with Crippen molar-refractivity contribution in [1.82, 2.24) is 0 Å². The molecule has 1 aromatic carbocycles. The number of hydrogen-bond acceptors (Lipinski definition) is 4. The quantitative estimate of drug-likeness (QED) is 0.623. The lowest BCUT2D eigenvalue weighted by atomic mass is 10.1. The number of para-hydroxylation sites is 1. The fourth-order valence-corrected chi connectivity index (χ4v) is 1.82. The Hall–Kier alpha value is -1.71. The van der Waals surface area contributed by atoms with Crippen molar-refractivity contribution in [2.24, 2.45) is 5.92 Å². The zero-order valence-corrected chi connectivity index (χ0v) is 11.2. The van der Waals surface area contributed by atoms with Gasteiger partial charge in [-0.05, 0) is 24.5 Å². The molecule has 0 aliphatic heterocycles. The highest BCUT2D eigenvalue weighted by atomic mass is 16.5. The lowest BCUT2D eigenvalue weighted by Gasteiger charge is -2.13. The molecule has 0 aliphatic rings. The normalized spacial score (nSPS) is 11.9. The second kappa shape index (κ2) is 6.89. The third-order valence-corrected chi connectivity index (χ3v) is 2.75. The fourth-order valence-electron chi connectivity index (χ4n) is 1.82. The van der Waals surface area contributed by atoms with Gasteiger partial charge in [0.15, 0.2) is 5.75 Å². The molecule has 1 aromatic rings. The van der Waals surface area contributed by atoms with E-state index in [1.165, 1.54) is 7.11 Å².